The van der Waals surface area contributed by atoms with Crippen LogP contribution in [0.5, 0.6) is 0 Å². The van der Waals surface area contributed by atoms with Crippen molar-refractivity contribution in [3.63, 3.8) is 0 Å². The molecule has 2 heteroatoms. The van der Waals surface area contributed by atoms with Gasteiger partial charge in [-0.2, -0.15) is 0 Å². The lowest BCUT2D eigenvalue weighted by molar-refractivity contribution is 0.468. The van der Waals surface area contributed by atoms with E-state index in [0.29, 0.717) is 0 Å². The fraction of sp³-hybridized carbons (Fsp3) is 0.571. The van der Waals surface area contributed by atoms with Crippen LogP contribution in [0.2, 0.25) is 0 Å². The molecule has 90 valence electrons. The van der Waals surface area contributed by atoms with Crippen LogP contribution in [-0.4, -0.2) is 0 Å². The highest BCUT2D eigenvalue weighted by Gasteiger charge is 2.04. The lowest BCUT2D eigenvalue weighted by Gasteiger charge is -2.09. The molecule has 0 radical (unpaired) electrons. The van der Waals surface area contributed by atoms with Crippen molar-refractivity contribution in [2.24, 2.45) is 5.92 Å². The number of halogens is 2. The quantitative estimate of drug-likeness (QED) is 0.658. The first kappa shape index (κ1) is 13.1. The molecule has 0 spiro atoms. The third-order valence-electron chi connectivity index (χ3n) is 2.93. The van der Waals surface area contributed by atoms with Gasteiger partial charge in [0, 0.05) is 0 Å². The molecule has 0 aliphatic rings. The third kappa shape index (κ3) is 4.30. The largest absolute Gasteiger partial charge is 0.204 e. The van der Waals surface area contributed by atoms with E-state index in [1.165, 1.54) is 25.0 Å². The molecule has 1 atom stereocenters. The first-order chi connectivity index (χ1) is 7.63. The fourth-order valence-corrected chi connectivity index (χ4v) is 1.99. The van der Waals surface area contributed by atoms with Crippen molar-refractivity contribution < 1.29 is 8.78 Å². The summed E-state index contributed by atoms with van der Waals surface area (Å²) in [6.07, 6.45) is 5.51. The van der Waals surface area contributed by atoms with E-state index < -0.39 is 11.6 Å². The fourth-order valence-electron chi connectivity index (χ4n) is 1.99. The van der Waals surface area contributed by atoms with E-state index in [0.717, 1.165) is 30.7 Å². The van der Waals surface area contributed by atoms with Crippen LogP contribution in [0.15, 0.2) is 18.2 Å². The van der Waals surface area contributed by atoms with Gasteiger partial charge in [-0.1, -0.05) is 39.2 Å². The highest BCUT2D eigenvalue weighted by atomic mass is 19.2. The highest BCUT2D eigenvalue weighted by Crippen LogP contribution is 2.16. The lowest BCUT2D eigenvalue weighted by atomic mass is 9.97. The van der Waals surface area contributed by atoms with Crippen LogP contribution in [0.3, 0.4) is 0 Å². The molecule has 1 unspecified atom stereocenters. The van der Waals surface area contributed by atoms with E-state index in [4.69, 9.17) is 0 Å². The van der Waals surface area contributed by atoms with Crippen LogP contribution in [0.4, 0.5) is 8.78 Å². The summed E-state index contributed by atoms with van der Waals surface area (Å²) in [7, 11) is 0. The number of benzene rings is 1. The average Bonchev–Trinajstić information content (AvgIpc) is 2.24. The van der Waals surface area contributed by atoms with Gasteiger partial charge in [0.25, 0.3) is 0 Å². The topological polar surface area (TPSA) is 0 Å². The molecule has 0 aliphatic carbocycles. The molecule has 0 fully saturated rings. The molecular weight excluding hydrogens is 206 g/mol. The summed E-state index contributed by atoms with van der Waals surface area (Å²) in [6.45, 7) is 4.43. The molecule has 0 saturated carbocycles. The van der Waals surface area contributed by atoms with Crippen LogP contribution in [-0.2, 0) is 6.42 Å². The van der Waals surface area contributed by atoms with E-state index >= 15 is 0 Å². The molecular formula is C14H20F2. The van der Waals surface area contributed by atoms with Gasteiger partial charge in [-0.05, 0) is 36.5 Å². The Balaban J connectivity index is 2.34. The normalized spacial score (nSPS) is 12.8. The second-order valence-electron chi connectivity index (χ2n) is 4.53. The minimum Gasteiger partial charge on any atom is -0.204 e. The number of rotatable bonds is 6. The van der Waals surface area contributed by atoms with Gasteiger partial charge in [0.1, 0.15) is 0 Å². The SMILES string of the molecule is CCCC(C)CCCc1ccc(F)c(F)c1. The number of aryl methyl sites for hydroxylation is 1. The summed E-state index contributed by atoms with van der Waals surface area (Å²) < 4.78 is 25.6. The maximum atomic E-state index is 12.9. The van der Waals surface area contributed by atoms with Crippen molar-refractivity contribution in [3.05, 3.63) is 35.4 Å². The Morgan fingerprint density at radius 3 is 2.50 bits per heavy atom. The van der Waals surface area contributed by atoms with Crippen molar-refractivity contribution >= 4 is 0 Å². The second-order valence-corrected chi connectivity index (χ2v) is 4.53. The molecule has 1 rings (SSSR count). The molecule has 0 aromatic heterocycles. The smallest absolute Gasteiger partial charge is 0.159 e. The van der Waals surface area contributed by atoms with Crippen molar-refractivity contribution in [2.75, 3.05) is 0 Å². The summed E-state index contributed by atoms with van der Waals surface area (Å²) >= 11 is 0. The maximum absolute atomic E-state index is 12.9. The molecule has 0 nitrogen and oxygen atoms in total. The zero-order valence-electron chi connectivity index (χ0n) is 10.1. The molecule has 16 heavy (non-hydrogen) atoms. The van der Waals surface area contributed by atoms with E-state index in [1.54, 1.807) is 6.07 Å². The lowest BCUT2D eigenvalue weighted by Crippen LogP contribution is -1.96. The minimum absolute atomic E-state index is 0.732. The van der Waals surface area contributed by atoms with Gasteiger partial charge in [0.15, 0.2) is 11.6 Å². The molecule has 0 heterocycles. The van der Waals surface area contributed by atoms with Gasteiger partial charge in [-0.25, -0.2) is 8.78 Å². The number of hydrogen-bond acceptors (Lipinski definition) is 0. The Morgan fingerprint density at radius 1 is 1.12 bits per heavy atom. The minimum atomic E-state index is -0.761. The molecule has 1 aromatic rings. The van der Waals surface area contributed by atoms with Crippen molar-refractivity contribution in [1.29, 1.82) is 0 Å². The maximum Gasteiger partial charge on any atom is 0.159 e. The summed E-state index contributed by atoms with van der Waals surface area (Å²) in [5.74, 6) is -0.766. The van der Waals surface area contributed by atoms with E-state index in [9.17, 15) is 8.78 Å². The Morgan fingerprint density at radius 2 is 1.88 bits per heavy atom. The molecule has 0 bridgehead atoms. The van der Waals surface area contributed by atoms with E-state index in [-0.39, 0.29) is 0 Å². The Kier molecular flexibility index (Phi) is 5.44. The van der Waals surface area contributed by atoms with Gasteiger partial charge in [-0.15, -0.1) is 0 Å². The predicted octanol–water partition coefficient (Wildman–Crippen LogP) is 4.72. The van der Waals surface area contributed by atoms with Crippen LogP contribution >= 0.6 is 0 Å². The summed E-state index contributed by atoms with van der Waals surface area (Å²) in [4.78, 5) is 0. The van der Waals surface area contributed by atoms with Crippen molar-refractivity contribution in [3.8, 4) is 0 Å². The van der Waals surface area contributed by atoms with Crippen LogP contribution in [0.25, 0.3) is 0 Å². The molecule has 0 saturated heterocycles. The first-order valence-electron chi connectivity index (χ1n) is 6.07. The zero-order chi connectivity index (χ0) is 12.0. The highest BCUT2D eigenvalue weighted by molar-refractivity contribution is 5.17. The Bertz CT molecular complexity index is 321. The third-order valence-corrected chi connectivity index (χ3v) is 2.93. The van der Waals surface area contributed by atoms with Gasteiger partial charge < -0.3 is 0 Å². The average molecular weight is 226 g/mol. The van der Waals surface area contributed by atoms with Gasteiger partial charge >= 0.3 is 0 Å². The number of hydrogen-bond donors (Lipinski definition) is 0. The van der Waals surface area contributed by atoms with Crippen LogP contribution in [0, 0.1) is 17.6 Å². The van der Waals surface area contributed by atoms with E-state index in [2.05, 4.69) is 13.8 Å². The van der Waals surface area contributed by atoms with Gasteiger partial charge in [0.2, 0.25) is 0 Å². The van der Waals surface area contributed by atoms with Crippen LogP contribution < -0.4 is 0 Å². The predicted molar refractivity (Wildman–Crippen MR) is 63.4 cm³/mol. The molecule has 0 N–H and O–H groups in total. The van der Waals surface area contributed by atoms with E-state index in [1.807, 2.05) is 0 Å². The zero-order valence-corrected chi connectivity index (χ0v) is 10.1. The first-order valence-corrected chi connectivity index (χ1v) is 6.07. The van der Waals surface area contributed by atoms with Crippen molar-refractivity contribution in [2.45, 2.75) is 46.0 Å². The monoisotopic (exact) mass is 226 g/mol. The Hall–Kier alpha value is -0.920. The summed E-state index contributed by atoms with van der Waals surface area (Å²) in [5.41, 5.74) is 0.891. The molecule has 1 aromatic carbocycles. The van der Waals surface area contributed by atoms with Crippen LogP contribution in [0.1, 0.15) is 45.1 Å². The summed E-state index contributed by atoms with van der Waals surface area (Å²) in [6, 6.07) is 4.18. The molecule has 0 aliphatic heterocycles. The second kappa shape index (κ2) is 6.62. The molecule has 0 amide bonds. The van der Waals surface area contributed by atoms with Crippen molar-refractivity contribution in [1.82, 2.24) is 0 Å². The van der Waals surface area contributed by atoms with Gasteiger partial charge in [-0.3, -0.25) is 0 Å². The summed E-state index contributed by atoms with van der Waals surface area (Å²) in [5, 5.41) is 0. The Labute approximate surface area is 96.7 Å². The standard InChI is InChI=1S/C14H20F2/c1-3-5-11(2)6-4-7-12-8-9-13(15)14(16)10-12/h8-11H,3-7H2,1-2H3. The van der Waals surface area contributed by atoms with Gasteiger partial charge in [0.05, 0.1) is 0 Å².